The number of benzene rings is 1. The van der Waals surface area contributed by atoms with Crippen LogP contribution >= 0.6 is 0 Å². The van der Waals surface area contributed by atoms with Crippen LogP contribution in [0.15, 0.2) is 47.8 Å². The fourth-order valence-electron chi connectivity index (χ4n) is 4.27. The van der Waals surface area contributed by atoms with Crippen LogP contribution in [0, 0.1) is 0 Å². The summed E-state index contributed by atoms with van der Waals surface area (Å²) in [7, 11) is 0. The number of hydrogen-bond acceptors (Lipinski definition) is 6. The summed E-state index contributed by atoms with van der Waals surface area (Å²) in [6, 6.07) is 10.2. The van der Waals surface area contributed by atoms with Crippen molar-refractivity contribution in [2.45, 2.75) is 45.1 Å². The van der Waals surface area contributed by atoms with Crippen LogP contribution in [0.3, 0.4) is 0 Å². The van der Waals surface area contributed by atoms with Gasteiger partial charge in [-0.3, -0.25) is 5.10 Å². The molecule has 8 heteroatoms. The van der Waals surface area contributed by atoms with E-state index >= 15 is 0 Å². The molecule has 1 saturated carbocycles. The van der Waals surface area contributed by atoms with Crippen molar-refractivity contribution in [1.82, 2.24) is 30.0 Å². The summed E-state index contributed by atoms with van der Waals surface area (Å²) in [4.78, 5) is 13.5. The van der Waals surface area contributed by atoms with E-state index in [0.717, 1.165) is 59.1 Å². The van der Waals surface area contributed by atoms with E-state index in [0.29, 0.717) is 5.88 Å². The number of aliphatic imine (C=N–C) groups is 1. The first kappa shape index (κ1) is 19.2. The SMILES string of the molecule is CC(=Nc1cc(C2(C)CC2)[nH]n1)n1ccc2cc(Oc3ncnc4c3CCNC4)ccc21. The van der Waals surface area contributed by atoms with E-state index in [4.69, 9.17) is 9.73 Å². The standard InChI is InChI=1S/C24H25N7O/c1-15(28-22-12-21(29-30-22)24(2)7-8-24)31-10-6-16-11-17(3-4-20(16)31)32-23-18-5-9-25-13-19(18)26-14-27-23/h3-4,6,10-12,14,25H,5,7-9,13H2,1-2H3,(H,29,30). The van der Waals surface area contributed by atoms with Crippen molar-refractivity contribution >= 4 is 22.6 Å². The van der Waals surface area contributed by atoms with Crippen molar-refractivity contribution < 1.29 is 4.74 Å². The number of ether oxygens (including phenoxy) is 1. The predicted octanol–water partition coefficient (Wildman–Crippen LogP) is 4.24. The maximum atomic E-state index is 6.16. The van der Waals surface area contributed by atoms with Gasteiger partial charge < -0.3 is 14.6 Å². The summed E-state index contributed by atoms with van der Waals surface area (Å²) in [5.74, 6) is 2.99. The van der Waals surface area contributed by atoms with Crippen LogP contribution in [-0.4, -0.2) is 37.1 Å². The summed E-state index contributed by atoms with van der Waals surface area (Å²) in [5, 5.41) is 11.9. The first-order valence-corrected chi connectivity index (χ1v) is 11.0. The zero-order valence-corrected chi connectivity index (χ0v) is 18.2. The Morgan fingerprint density at radius 2 is 2.09 bits per heavy atom. The first-order chi connectivity index (χ1) is 15.6. The average molecular weight is 428 g/mol. The smallest absolute Gasteiger partial charge is 0.225 e. The van der Waals surface area contributed by atoms with Gasteiger partial charge in [-0.15, -0.1) is 0 Å². The molecule has 1 aromatic carbocycles. The van der Waals surface area contributed by atoms with E-state index in [1.807, 2.05) is 25.3 Å². The van der Waals surface area contributed by atoms with Crippen molar-refractivity contribution in [3.05, 3.63) is 59.8 Å². The molecule has 0 saturated heterocycles. The summed E-state index contributed by atoms with van der Waals surface area (Å²) < 4.78 is 8.23. The monoisotopic (exact) mass is 427 g/mol. The minimum absolute atomic E-state index is 0.255. The Balaban J connectivity index is 1.27. The van der Waals surface area contributed by atoms with Gasteiger partial charge in [-0.2, -0.15) is 5.10 Å². The fourth-order valence-corrected chi connectivity index (χ4v) is 4.27. The fraction of sp³-hybridized carbons (Fsp3) is 0.333. The molecule has 3 aromatic heterocycles. The molecule has 0 spiro atoms. The summed E-state index contributed by atoms with van der Waals surface area (Å²) >= 11 is 0. The molecule has 2 aliphatic rings. The quantitative estimate of drug-likeness (QED) is 0.375. The van der Waals surface area contributed by atoms with Gasteiger partial charge >= 0.3 is 0 Å². The van der Waals surface area contributed by atoms with E-state index in [9.17, 15) is 0 Å². The Hall–Kier alpha value is -3.52. The highest BCUT2D eigenvalue weighted by molar-refractivity contribution is 5.95. The second kappa shape index (κ2) is 7.27. The maximum Gasteiger partial charge on any atom is 0.225 e. The second-order valence-corrected chi connectivity index (χ2v) is 8.90. The van der Waals surface area contributed by atoms with Crippen molar-refractivity contribution in [2.24, 2.45) is 4.99 Å². The Morgan fingerprint density at radius 3 is 2.97 bits per heavy atom. The molecule has 0 unspecified atom stereocenters. The van der Waals surface area contributed by atoms with E-state index < -0.39 is 0 Å². The van der Waals surface area contributed by atoms with E-state index in [-0.39, 0.29) is 5.41 Å². The average Bonchev–Trinajstić information content (AvgIpc) is 3.20. The zero-order chi connectivity index (χ0) is 21.7. The van der Waals surface area contributed by atoms with E-state index in [2.05, 4.69) is 55.2 Å². The Kier molecular flexibility index (Phi) is 4.36. The maximum absolute atomic E-state index is 6.16. The number of fused-ring (bicyclic) bond motifs is 2. The topological polar surface area (TPSA) is 93.0 Å². The molecule has 1 fully saturated rings. The number of hydrogen-bond donors (Lipinski definition) is 2. The summed E-state index contributed by atoms with van der Waals surface area (Å²) in [6.45, 7) is 5.92. The molecule has 4 aromatic rings. The van der Waals surface area contributed by atoms with Gasteiger partial charge in [0.15, 0.2) is 5.82 Å². The largest absolute Gasteiger partial charge is 0.439 e. The molecular weight excluding hydrogens is 402 g/mol. The lowest BCUT2D eigenvalue weighted by molar-refractivity contribution is 0.446. The Bertz CT molecular complexity index is 1350. The third kappa shape index (κ3) is 3.36. The van der Waals surface area contributed by atoms with Gasteiger partial charge in [-0.1, -0.05) is 6.92 Å². The molecule has 8 nitrogen and oxygen atoms in total. The normalized spacial score (nSPS) is 17.4. The Morgan fingerprint density at radius 1 is 1.19 bits per heavy atom. The highest BCUT2D eigenvalue weighted by atomic mass is 16.5. The van der Waals surface area contributed by atoms with Gasteiger partial charge in [0.1, 0.15) is 17.9 Å². The number of H-pyrrole nitrogens is 1. The van der Waals surface area contributed by atoms with Gasteiger partial charge in [0.25, 0.3) is 0 Å². The summed E-state index contributed by atoms with van der Waals surface area (Å²) in [5.41, 5.74) is 4.59. The lowest BCUT2D eigenvalue weighted by Gasteiger charge is -2.18. The van der Waals surface area contributed by atoms with Gasteiger partial charge in [0.2, 0.25) is 5.88 Å². The number of rotatable bonds is 4. The van der Waals surface area contributed by atoms with Crippen LogP contribution in [0.4, 0.5) is 5.82 Å². The molecule has 0 radical (unpaired) electrons. The molecule has 0 atom stereocenters. The van der Waals surface area contributed by atoms with Crippen LogP contribution in [0.2, 0.25) is 0 Å². The predicted molar refractivity (Wildman–Crippen MR) is 123 cm³/mol. The summed E-state index contributed by atoms with van der Waals surface area (Å²) in [6.07, 6.45) is 6.88. The van der Waals surface area contributed by atoms with E-state index in [1.165, 1.54) is 18.5 Å². The van der Waals surface area contributed by atoms with Crippen LogP contribution in [0.25, 0.3) is 10.9 Å². The molecule has 2 N–H and O–H groups in total. The minimum atomic E-state index is 0.255. The Labute approximate surface area is 185 Å². The zero-order valence-electron chi connectivity index (χ0n) is 18.2. The highest BCUT2D eigenvalue weighted by Gasteiger charge is 2.40. The molecule has 1 aliphatic carbocycles. The van der Waals surface area contributed by atoms with Crippen LogP contribution < -0.4 is 10.1 Å². The first-order valence-electron chi connectivity index (χ1n) is 11.0. The van der Waals surface area contributed by atoms with E-state index in [1.54, 1.807) is 6.33 Å². The van der Waals surface area contributed by atoms with Crippen molar-refractivity contribution in [3.8, 4) is 11.6 Å². The minimum Gasteiger partial charge on any atom is -0.439 e. The number of nitrogens with zero attached hydrogens (tertiary/aromatic N) is 5. The number of aromatic amines is 1. The number of aromatic nitrogens is 5. The molecule has 6 rings (SSSR count). The molecule has 32 heavy (non-hydrogen) atoms. The van der Waals surface area contributed by atoms with Crippen molar-refractivity contribution in [1.29, 1.82) is 0 Å². The molecule has 0 bridgehead atoms. The molecular formula is C24H25N7O. The van der Waals surface area contributed by atoms with Crippen molar-refractivity contribution in [3.63, 3.8) is 0 Å². The van der Waals surface area contributed by atoms with Gasteiger partial charge in [0, 0.05) is 40.9 Å². The second-order valence-electron chi connectivity index (χ2n) is 8.90. The van der Waals surface area contributed by atoms with Crippen molar-refractivity contribution in [2.75, 3.05) is 6.54 Å². The molecule has 162 valence electrons. The third-order valence-corrected chi connectivity index (χ3v) is 6.56. The van der Waals surface area contributed by atoms with Crippen LogP contribution in [0.1, 0.15) is 43.6 Å². The highest BCUT2D eigenvalue weighted by Crippen LogP contribution is 2.47. The van der Waals surface area contributed by atoms with Crippen LogP contribution in [-0.2, 0) is 18.4 Å². The molecule has 0 amide bonds. The van der Waals surface area contributed by atoms with Gasteiger partial charge in [-0.25, -0.2) is 15.0 Å². The van der Waals surface area contributed by atoms with Gasteiger partial charge in [-0.05, 0) is 57.0 Å². The van der Waals surface area contributed by atoms with Crippen LogP contribution in [0.5, 0.6) is 11.6 Å². The molecule has 1 aliphatic heterocycles. The third-order valence-electron chi connectivity index (χ3n) is 6.56. The lowest BCUT2D eigenvalue weighted by Crippen LogP contribution is -2.25. The molecule has 4 heterocycles. The number of nitrogens with one attached hydrogen (secondary N) is 2. The van der Waals surface area contributed by atoms with Gasteiger partial charge in [0.05, 0.1) is 11.2 Å². The lowest BCUT2D eigenvalue weighted by atomic mass is 10.1.